The van der Waals surface area contributed by atoms with Crippen molar-refractivity contribution in [2.24, 2.45) is 5.10 Å². The quantitative estimate of drug-likeness (QED) is 0.499. The van der Waals surface area contributed by atoms with Gasteiger partial charge < -0.3 is 14.6 Å². The minimum absolute atomic E-state index is 0.172. The van der Waals surface area contributed by atoms with Gasteiger partial charge in [0, 0.05) is 19.4 Å². The molecule has 1 amide bonds. The highest BCUT2D eigenvalue weighted by molar-refractivity contribution is 6.04. The Hall–Kier alpha value is -4.39. The van der Waals surface area contributed by atoms with Gasteiger partial charge in [0.2, 0.25) is 0 Å². The summed E-state index contributed by atoms with van der Waals surface area (Å²) in [5.74, 6) is 0.269. The SMILES string of the molecule is CC(=O)O.COc1ccc(C2CC(c3ccccc3)=NN2C(=O)C=Cc2ccccc2)cc1OC. The van der Waals surface area contributed by atoms with E-state index in [1.165, 1.54) is 0 Å². The molecule has 1 N–H and O–H groups in total. The fraction of sp³-hybridized carbons (Fsp3) is 0.179. The van der Waals surface area contributed by atoms with E-state index in [0.29, 0.717) is 17.9 Å². The molecule has 3 aromatic rings. The molecule has 0 aromatic heterocycles. The maximum absolute atomic E-state index is 13.1. The van der Waals surface area contributed by atoms with Gasteiger partial charge in [-0.25, -0.2) is 5.01 Å². The second-order valence-electron chi connectivity index (χ2n) is 7.69. The van der Waals surface area contributed by atoms with Gasteiger partial charge in [0.25, 0.3) is 11.9 Å². The number of amides is 1. The third-order valence-corrected chi connectivity index (χ3v) is 5.25. The van der Waals surface area contributed by atoms with E-state index in [0.717, 1.165) is 29.3 Å². The molecule has 0 saturated carbocycles. The van der Waals surface area contributed by atoms with Crippen molar-refractivity contribution in [1.82, 2.24) is 5.01 Å². The first-order valence-corrected chi connectivity index (χ1v) is 11.0. The number of carboxylic acids is 1. The highest BCUT2D eigenvalue weighted by Crippen LogP contribution is 2.37. The predicted molar refractivity (Wildman–Crippen MR) is 136 cm³/mol. The summed E-state index contributed by atoms with van der Waals surface area (Å²) in [6.07, 6.45) is 4.00. The number of nitrogens with zero attached hydrogens (tertiary/aromatic N) is 2. The standard InChI is InChI=1S/C26H24N2O3.C2H4O2/c1-30-24-15-14-21(17-25(24)31-2)23-18-22(20-11-7-4-8-12-20)27-28(23)26(29)16-13-19-9-5-3-6-10-19;1-2(3)4/h3-17,23H,18H2,1-2H3;1H3,(H,3,4). The van der Waals surface area contributed by atoms with E-state index < -0.39 is 5.97 Å². The maximum Gasteiger partial charge on any atom is 0.300 e. The monoisotopic (exact) mass is 472 g/mol. The van der Waals surface area contributed by atoms with Gasteiger partial charge in [-0.05, 0) is 34.9 Å². The zero-order chi connectivity index (χ0) is 25.2. The van der Waals surface area contributed by atoms with E-state index in [9.17, 15) is 4.79 Å². The summed E-state index contributed by atoms with van der Waals surface area (Å²) in [6, 6.07) is 25.2. The number of carbonyl (C=O) groups excluding carboxylic acids is 1. The van der Waals surface area contributed by atoms with Gasteiger partial charge in [-0.2, -0.15) is 5.10 Å². The number of aliphatic carboxylic acids is 1. The average Bonchev–Trinajstić information content (AvgIpc) is 3.33. The molecule has 7 nitrogen and oxygen atoms in total. The van der Waals surface area contributed by atoms with Crippen molar-refractivity contribution in [2.75, 3.05) is 14.2 Å². The van der Waals surface area contributed by atoms with Crippen LogP contribution in [0.1, 0.15) is 36.1 Å². The lowest BCUT2D eigenvalue weighted by atomic mass is 9.98. The van der Waals surface area contributed by atoms with Crippen molar-refractivity contribution in [3.8, 4) is 11.5 Å². The van der Waals surface area contributed by atoms with Crippen molar-refractivity contribution in [2.45, 2.75) is 19.4 Å². The zero-order valence-corrected chi connectivity index (χ0v) is 19.9. The Morgan fingerprint density at radius 2 is 1.54 bits per heavy atom. The summed E-state index contributed by atoms with van der Waals surface area (Å²) >= 11 is 0. The van der Waals surface area contributed by atoms with Crippen LogP contribution in [0.4, 0.5) is 0 Å². The first-order chi connectivity index (χ1) is 16.9. The normalized spacial score (nSPS) is 14.7. The number of hydrogen-bond donors (Lipinski definition) is 1. The molecule has 0 aliphatic carbocycles. The molecular formula is C28H28N2O5. The van der Waals surface area contributed by atoms with E-state index >= 15 is 0 Å². The van der Waals surface area contributed by atoms with Crippen LogP contribution in [0.25, 0.3) is 6.08 Å². The molecule has 0 spiro atoms. The van der Waals surface area contributed by atoms with Crippen LogP contribution in [-0.2, 0) is 9.59 Å². The molecule has 1 aliphatic rings. The molecule has 0 saturated heterocycles. The minimum atomic E-state index is -0.833. The van der Waals surface area contributed by atoms with Gasteiger partial charge in [0.1, 0.15) is 0 Å². The summed E-state index contributed by atoms with van der Waals surface area (Å²) in [5.41, 5.74) is 3.79. The molecule has 0 radical (unpaired) electrons. The third kappa shape index (κ3) is 6.80. The molecule has 1 unspecified atom stereocenters. The van der Waals surface area contributed by atoms with Crippen LogP contribution in [0.3, 0.4) is 0 Å². The van der Waals surface area contributed by atoms with Crippen LogP contribution in [-0.4, -0.2) is 41.9 Å². The van der Waals surface area contributed by atoms with Gasteiger partial charge in [-0.15, -0.1) is 0 Å². The van der Waals surface area contributed by atoms with Crippen LogP contribution in [0.2, 0.25) is 0 Å². The number of carbonyl (C=O) groups is 2. The van der Waals surface area contributed by atoms with Gasteiger partial charge in [-0.1, -0.05) is 66.7 Å². The van der Waals surface area contributed by atoms with E-state index in [4.69, 9.17) is 24.5 Å². The van der Waals surface area contributed by atoms with E-state index in [2.05, 4.69) is 0 Å². The van der Waals surface area contributed by atoms with Crippen LogP contribution >= 0.6 is 0 Å². The van der Waals surface area contributed by atoms with E-state index in [1.54, 1.807) is 25.3 Å². The van der Waals surface area contributed by atoms with Crippen molar-refractivity contribution >= 4 is 23.7 Å². The van der Waals surface area contributed by atoms with Gasteiger partial charge in [0.15, 0.2) is 11.5 Å². The van der Waals surface area contributed by atoms with E-state index in [-0.39, 0.29) is 11.9 Å². The molecule has 0 fully saturated rings. The Bertz CT molecular complexity index is 1200. The Morgan fingerprint density at radius 1 is 0.943 bits per heavy atom. The lowest BCUT2D eigenvalue weighted by Gasteiger charge is -2.21. The topological polar surface area (TPSA) is 88.4 Å². The third-order valence-electron chi connectivity index (χ3n) is 5.25. The first-order valence-electron chi connectivity index (χ1n) is 11.0. The zero-order valence-electron chi connectivity index (χ0n) is 19.9. The fourth-order valence-electron chi connectivity index (χ4n) is 3.65. The molecule has 0 bridgehead atoms. The largest absolute Gasteiger partial charge is 0.493 e. The highest BCUT2D eigenvalue weighted by Gasteiger charge is 2.32. The maximum atomic E-state index is 13.1. The number of benzene rings is 3. The van der Waals surface area contributed by atoms with E-state index in [1.807, 2.05) is 84.9 Å². The van der Waals surface area contributed by atoms with Crippen molar-refractivity contribution in [1.29, 1.82) is 0 Å². The summed E-state index contributed by atoms with van der Waals surface area (Å²) in [7, 11) is 3.21. The van der Waals surface area contributed by atoms with Crippen molar-refractivity contribution < 1.29 is 24.2 Å². The molecule has 1 atom stereocenters. The van der Waals surface area contributed by atoms with Crippen LogP contribution < -0.4 is 9.47 Å². The molecule has 35 heavy (non-hydrogen) atoms. The minimum Gasteiger partial charge on any atom is -0.493 e. The second-order valence-corrected chi connectivity index (χ2v) is 7.69. The Labute approximate surface area is 204 Å². The summed E-state index contributed by atoms with van der Waals surface area (Å²) in [5, 5.41) is 13.7. The molecule has 1 heterocycles. The highest BCUT2D eigenvalue weighted by atomic mass is 16.5. The molecular weight excluding hydrogens is 444 g/mol. The molecule has 1 aliphatic heterocycles. The fourth-order valence-corrected chi connectivity index (χ4v) is 3.65. The summed E-state index contributed by atoms with van der Waals surface area (Å²) < 4.78 is 10.8. The number of methoxy groups -OCH3 is 2. The smallest absolute Gasteiger partial charge is 0.300 e. The number of hydrazone groups is 1. The van der Waals surface area contributed by atoms with Gasteiger partial charge in [0.05, 0.1) is 26.0 Å². The van der Waals surface area contributed by atoms with Gasteiger partial charge in [-0.3, -0.25) is 9.59 Å². The second kappa shape index (κ2) is 12.2. The van der Waals surface area contributed by atoms with Gasteiger partial charge >= 0.3 is 0 Å². The van der Waals surface area contributed by atoms with Crippen LogP contribution in [0.15, 0.2) is 90.0 Å². The number of hydrogen-bond acceptors (Lipinski definition) is 5. The van der Waals surface area contributed by atoms with Crippen molar-refractivity contribution in [3.63, 3.8) is 0 Å². The molecule has 7 heteroatoms. The number of rotatable bonds is 6. The first kappa shape index (κ1) is 25.2. The van der Waals surface area contributed by atoms with Crippen LogP contribution in [0, 0.1) is 0 Å². The Kier molecular flexibility index (Phi) is 8.78. The molecule has 3 aromatic carbocycles. The van der Waals surface area contributed by atoms with Crippen molar-refractivity contribution in [3.05, 3.63) is 102 Å². The lowest BCUT2D eigenvalue weighted by molar-refractivity contribution is -0.134. The number of ether oxygens (including phenoxy) is 2. The predicted octanol–water partition coefficient (Wildman–Crippen LogP) is 5.19. The Balaban J connectivity index is 0.000000795. The molecule has 4 rings (SSSR count). The lowest BCUT2D eigenvalue weighted by Crippen LogP contribution is -2.25. The average molecular weight is 473 g/mol. The summed E-state index contributed by atoms with van der Waals surface area (Å²) in [4.78, 5) is 22.1. The number of carboxylic acid groups (broad SMARTS) is 1. The molecule has 180 valence electrons. The Morgan fingerprint density at radius 3 is 2.14 bits per heavy atom. The summed E-state index contributed by atoms with van der Waals surface area (Å²) in [6.45, 7) is 1.08. The van der Waals surface area contributed by atoms with Crippen LogP contribution in [0.5, 0.6) is 11.5 Å².